The molecule has 0 saturated heterocycles. The summed E-state index contributed by atoms with van der Waals surface area (Å²) < 4.78 is 22.5. The van der Waals surface area contributed by atoms with Crippen molar-refractivity contribution in [3.63, 3.8) is 0 Å². The molecule has 0 aliphatic carbocycles. The molecular weight excluding hydrogens is 375 g/mol. The van der Waals surface area contributed by atoms with Crippen LogP contribution in [-0.4, -0.2) is 10.7 Å². The molecule has 0 aliphatic heterocycles. The van der Waals surface area contributed by atoms with Crippen molar-refractivity contribution in [1.82, 2.24) is 0 Å². The summed E-state index contributed by atoms with van der Waals surface area (Å²) in [4.78, 5) is 22.1. The van der Waals surface area contributed by atoms with Gasteiger partial charge < -0.3 is 9.05 Å². The molecule has 0 radical (unpaired) electrons. The van der Waals surface area contributed by atoms with Gasteiger partial charge in [0.2, 0.25) is 0 Å². The van der Waals surface area contributed by atoms with Crippen LogP contribution in [0.25, 0.3) is 0 Å². The molecule has 0 spiro atoms. The molecular formula is C22H21O5P. The minimum atomic E-state index is -4.30. The first kappa shape index (κ1) is 19.9. The molecule has 1 atom stereocenters. The third-order valence-electron chi connectivity index (χ3n) is 4.19. The van der Waals surface area contributed by atoms with Crippen LogP contribution in [0.3, 0.4) is 0 Å². The largest absolute Gasteiger partial charge is 0.584 e. The van der Waals surface area contributed by atoms with E-state index in [1.54, 1.807) is 61.5 Å². The van der Waals surface area contributed by atoms with Crippen molar-refractivity contribution in [2.75, 3.05) is 0 Å². The maximum absolute atomic E-state index is 12.2. The smallest absolute Gasteiger partial charge is 0.395 e. The Morgan fingerprint density at radius 3 is 2.21 bits per heavy atom. The zero-order valence-corrected chi connectivity index (χ0v) is 16.3. The van der Waals surface area contributed by atoms with E-state index in [0.717, 1.165) is 11.1 Å². The number of rotatable bonds is 8. The third-order valence-corrected chi connectivity index (χ3v) is 5.06. The minimum absolute atomic E-state index is 0.0763. The van der Waals surface area contributed by atoms with Crippen molar-refractivity contribution in [2.24, 2.45) is 0 Å². The molecule has 0 aliphatic rings. The number of para-hydroxylation sites is 1. The zero-order chi connectivity index (χ0) is 20.0. The molecule has 0 heterocycles. The van der Waals surface area contributed by atoms with E-state index in [1.165, 1.54) is 0 Å². The fourth-order valence-electron chi connectivity index (χ4n) is 2.68. The second-order valence-corrected chi connectivity index (χ2v) is 7.65. The predicted octanol–water partition coefficient (Wildman–Crippen LogP) is 5.37. The fraction of sp³-hybridized carbons (Fsp3) is 0.136. The highest BCUT2D eigenvalue weighted by Gasteiger charge is 2.25. The Kier molecular flexibility index (Phi) is 6.30. The Hall–Kier alpha value is -2.88. The van der Waals surface area contributed by atoms with Gasteiger partial charge in [-0.15, -0.1) is 0 Å². The summed E-state index contributed by atoms with van der Waals surface area (Å²) >= 11 is 0. The summed E-state index contributed by atoms with van der Waals surface area (Å²) in [5.41, 5.74) is 2.36. The molecule has 3 rings (SSSR count). The van der Waals surface area contributed by atoms with Crippen LogP contribution in [0.2, 0.25) is 0 Å². The lowest BCUT2D eigenvalue weighted by molar-refractivity contribution is 0.0983. The van der Waals surface area contributed by atoms with Gasteiger partial charge in [0.15, 0.2) is 5.78 Å². The van der Waals surface area contributed by atoms with Crippen molar-refractivity contribution in [3.05, 3.63) is 95.6 Å². The van der Waals surface area contributed by atoms with Crippen LogP contribution >= 0.6 is 7.82 Å². The molecule has 3 aromatic rings. The molecule has 0 bridgehead atoms. The molecule has 0 aromatic heterocycles. The molecule has 6 heteroatoms. The number of phosphoric acid groups is 1. The van der Waals surface area contributed by atoms with Gasteiger partial charge in [0.1, 0.15) is 11.5 Å². The van der Waals surface area contributed by atoms with Crippen LogP contribution in [-0.2, 0) is 11.0 Å². The van der Waals surface area contributed by atoms with E-state index >= 15 is 0 Å². The van der Waals surface area contributed by atoms with Crippen molar-refractivity contribution in [2.45, 2.75) is 19.8 Å². The third kappa shape index (κ3) is 5.56. The maximum Gasteiger partial charge on any atom is 0.584 e. The molecule has 0 amide bonds. The van der Waals surface area contributed by atoms with Gasteiger partial charge in [-0.2, -0.15) is 0 Å². The molecule has 1 unspecified atom stereocenters. The SMILES string of the molecule is Cc1ccccc1OP(=O)(O)Oc1ccc(CCC(=O)c2ccccc2)cc1. The first-order valence-electron chi connectivity index (χ1n) is 8.88. The Morgan fingerprint density at radius 1 is 0.893 bits per heavy atom. The van der Waals surface area contributed by atoms with Gasteiger partial charge >= 0.3 is 7.82 Å². The number of carbonyl (C=O) groups excluding carboxylic acids is 1. The van der Waals surface area contributed by atoms with Crippen molar-refractivity contribution in [1.29, 1.82) is 0 Å². The molecule has 144 valence electrons. The van der Waals surface area contributed by atoms with Gasteiger partial charge in [-0.1, -0.05) is 60.7 Å². The fourth-order valence-corrected chi connectivity index (χ4v) is 3.56. The molecule has 1 N–H and O–H groups in total. The predicted molar refractivity (Wildman–Crippen MR) is 108 cm³/mol. The monoisotopic (exact) mass is 396 g/mol. The van der Waals surface area contributed by atoms with Crippen LogP contribution in [0, 0.1) is 6.92 Å². The van der Waals surface area contributed by atoms with Crippen LogP contribution in [0.1, 0.15) is 27.9 Å². The number of carbonyl (C=O) groups is 1. The molecule has 5 nitrogen and oxygen atoms in total. The van der Waals surface area contributed by atoms with Crippen molar-refractivity contribution in [3.8, 4) is 11.5 Å². The number of hydrogen-bond donors (Lipinski definition) is 1. The first-order chi connectivity index (χ1) is 13.4. The lowest BCUT2D eigenvalue weighted by Crippen LogP contribution is -2.02. The topological polar surface area (TPSA) is 72.8 Å². The van der Waals surface area contributed by atoms with E-state index in [-0.39, 0.29) is 11.5 Å². The minimum Gasteiger partial charge on any atom is -0.395 e. The summed E-state index contributed by atoms with van der Waals surface area (Å²) in [6.07, 6.45) is 0.962. The lowest BCUT2D eigenvalue weighted by atomic mass is 10.0. The van der Waals surface area contributed by atoms with E-state index in [9.17, 15) is 14.3 Å². The van der Waals surface area contributed by atoms with Crippen LogP contribution in [0.15, 0.2) is 78.9 Å². The second kappa shape index (κ2) is 8.87. The quantitative estimate of drug-likeness (QED) is 0.409. The van der Waals surface area contributed by atoms with Gasteiger partial charge in [0.05, 0.1) is 0 Å². The normalized spacial score (nSPS) is 12.8. The second-order valence-electron chi connectivity index (χ2n) is 6.35. The van der Waals surface area contributed by atoms with Gasteiger partial charge in [0, 0.05) is 12.0 Å². The Labute approximate surface area is 164 Å². The maximum atomic E-state index is 12.2. The highest BCUT2D eigenvalue weighted by molar-refractivity contribution is 7.48. The van der Waals surface area contributed by atoms with Crippen molar-refractivity contribution < 1.29 is 23.3 Å². The highest BCUT2D eigenvalue weighted by atomic mass is 31.2. The molecule has 3 aromatic carbocycles. The first-order valence-corrected chi connectivity index (χ1v) is 10.4. The zero-order valence-electron chi connectivity index (χ0n) is 15.4. The van der Waals surface area contributed by atoms with E-state index in [1.807, 2.05) is 24.3 Å². The van der Waals surface area contributed by atoms with Gasteiger partial charge in [0.25, 0.3) is 0 Å². The molecule has 28 heavy (non-hydrogen) atoms. The number of Topliss-reactive ketones (excluding diaryl/α,β-unsaturated/α-hetero) is 1. The molecule has 0 saturated carbocycles. The van der Waals surface area contributed by atoms with Crippen LogP contribution in [0.5, 0.6) is 11.5 Å². The summed E-state index contributed by atoms with van der Waals surface area (Å²) in [6, 6.07) is 22.8. The van der Waals surface area contributed by atoms with E-state index in [2.05, 4.69) is 0 Å². The number of benzene rings is 3. The summed E-state index contributed by atoms with van der Waals surface area (Å²) in [7, 11) is -4.30. The van der Waals surface area contributed by atoms with E-state index in [0.29, 0.717) is 24.2 Å². The van der Waals surface area contributed by atoms with E-state index in [4.69, 9.17) is 9.05 Å². The Bertz CT molecular complexity index is 983. The number of ketones is 1. The van der Waals surface area contributed by atoms with E-state index < -0.39 is 7.82 Å². The average Bonchev–Trinajstić information content (AvgIpc) is 2.69. The number of hydrogen-bond acceptors (Lipinski definition) is 4. The van der Waals surface area contributed by atoms with Gasteiger partial charge in [-0.25, -0.2) is 4.57 Å². The van der Waals surface area contributed by atoms with Crippen molar-refractivity contribution >= 4 is 13.6 Å². The van der Waals surface area contributed by atoms with Gasteiger partial charge in [-0.05, 0) is 42.7 Å². The van der Waals surface area contributed by atoms with Crippen LogP contribution < -0.4 is 9.05 Å². The number of phosphoric ester groups is 1. The van der Waals surface area contributed by atoms with Crippen LogP contribution in [0.4, 0.5) is 0 Å². The summed E-state index contributed by atoms with van der Waals surface area (Å²) in [5.74, 6) is 0.592. The standard InChI is InChI=1S/C22H21O5P/c1-17-7-5-6-10-22(17)27-28(24,25)26-20-14-11-18(12-15-20)13-16-21(23)19-8-3-2-4-9-19/h2-12,14-15H,13,16H2,1H3,(H,24,25). The Morgan fingerprint density at radius 2 is 1.54 bits per heavy atom. The average molecular weight is 396 g/mol. The summed E-state index contributed by atoms with van der Waals surface area (Å²) in [6.45, 7) is 1.78. The summed E-state index contributed by atoms with van der Waals surface area (Å²) in [5, 5.41) is 0. The van der Waals surface area contributed by atoms with Gasteiger partial charge in [-0.3, -0.25) is 9.69 Å². The Balaban J connectivity index is 1.57. The number of aryl methyl sites for hydroxylation is 2. The highest BCUT2D eigenvalue weighted by Crippen LogP contribution is 2.45. The molecule has 0 fully saturated rings. The lowest BCUT2D eigenvalue weighted by Gasteiger charge is -2.15.